The second kappa shape index (κ2) is 10.4. The molecule has 3 rings (SSSR count). The van der Waals surface area contributed by atoms with Gasteiger partial charge in [-0.3, -0.25) is 9.59 Å². The summed E-state index contributed by atoms with van der Waals surface area (Å²) >= 11 is 0. The zero-order valence-corrected chi connectivity index (χ0v) is 17.2. The number of hydrogen-bond donors (Lipinski definition) is 2. The van der Waals surface area contributed by atoms with E-state index < -0.39 is 17.8 Å². The number of para-hydroxylation sites is 1. The molecular formula is C22H19N3O7. The number of esters is 1. The standard InChI is InChI=1S/C22H19N3O7/c1-29-15-9-10-16(19(12-15)30-2)24-20(26)21(27)25-23-13-14-6-3-4-7-17(14)32-22(28)18-8-5-11-31-18/h3-13H,1-2H3,(H,24,26)(H,25,27)/b23-13+. The van der Waals surface area contributed by atoms with E-state index in [0.717, 1.165) is 0 Å². The highest BCUT2D eigenvalue weighted by atomic mass is 16.5. The Morgan fingerprint density at radius 2 is 1.75 bits per heavy atom. The quantitative estimate of drug-likeness (QED) is 0.191. The normalized spacial score (nSPS) is 10.4. The number of methoxy groups -OCH3 is 2. The number of hydrazone groups is 1. The van der Waals surface area contributed by atoms with Crippen LogP contribution in [0.5, 0.6) is 17.2 Å². The number of rotatable bonds is 7. The number of nitrogens with one attached hydrogen (secondary N) is 2. The molecule has 0 unspecified atom stereocenters. The molecular weight excluding hydrogens is 418 g/mol. The molecule has 0 aliphatic heterocycles. The molecule has 0 fully saturated rings. The fourth-order valence-corrected chi connectivity index (χ4v) is 2.52. The van der Waals surface area contributed by atoms with E-state index >= 15 is 0 Å². The largest absolute Gasteiger partial charge is 0.497 e. The Labute approximate surface area is 182 Å². The van der Waals surface area contributed by atoms with Crippen LogP contribution in [0.25, 0.3) is 0 Å². The SMILES string of the molecule is COc1ccc(NC(=O)C(=O)N/N=C/c2ccccc2OC(=O)c2ccco2)c(OC)c1. The van der Waals surface area contributed by atoms with Crippen LogP contribution in [0, 0.1) is 0 Å². The third-order valence-electron chi connectivity index (χ3n) is 4.08. The summed E-state index contributed by atoms with van der Waals surface area (Å²) < 4.78 is 20.5. The fraction of sp³-hybridized carbons (Fsp3) is 0.0909. The summed E-state index contributed by atoms with van der Waals surface area (Å²) in [7, 11) is 2.92. The first-order valence-corrected chi connectivity index (χ1v) is 9.23. The summed E-state index contributed by atoms with van der Waals surface area (Å²) in [5, 5.41) is 6.18. The molecule has 2 aromatic carbocycles. The molecule has 164 valence electrons. The third kappa shape index (κ3) is 5.51. The molecule has 3 aromatic rings. The second-order valence-electron chi connectivity index (χ2n) is 6.12. The lowest BCUT2D eigenvalue weighted by Gasteiger charge is -2.11. The van der Waals surface area contributed by atoms with Crippen molar-refractivity contribution < 1.29 is 33.0 Å². The predicted octanol–water partition coefficient (Wildman–Crippen LogP) is 2.60. The Morgan fingerprint density at radius 1 is 0.938 bits per heavy atom. The number of nitrogens with zero attached hydrogens (tertiary/aromatic N) is 1. The van der Waals surface area contributed by atoms with Crippen LogP contribution in [0.15, 0.2) is 70.4 Å². The summed E-state index contributed by atoms with van der Waals surface area (Å²) in [6, 6.07) is 14.3. The Balaban J connectivity index is 1.62. The van der Waals surface area contributed by atoms with Crippen molar-refractivity contribution in [2.24, 2.45) is 5.10 Å². The van der Waals surface area contributed by atoms with Crippen molar-refractivity contribution in [3.63, 3.8) is 0 Å². The lowest BCUT2D eigenvalue weighted by Crippen LogP contribution is -2.32. The number of amides is 2. The lowest BCUT2D eigenvalue weighted by molar-refractivity contribution is -0.136. The Kier molecular flexibility index (Phi) is 7.20. The van der Waals surface area contributed by atoms with E-state index in [1.165, 1.54) is 38.8 Å². The smallest absolute Gasteiger partial charge is 0.379 e. The lowest BCUT2D eigenvalue weighted by atomic mass is 10.2. The number of carbonyl (C=O) groups excluding carboxylic acids is 3. The van der Waals surface area contributed by atoms with Gasteiger partial charge in [-0.2, -0.15) is 5.10 Å². The van der Waals surface area contributed by atoms with Crippen molar-refractivity contribution in [3.05, 3.63) is 72.2 Å². The number of anilines is 1. The van der Waals surface area contributed by atoms with Crippen molar-refractivity contribution in [1.82, 2.24) is 5.43 Å². The average molecular weight is 437 g/mol. The minimum absolute atomic E-state index is 0.0377. The van der Waals surface area contributed by atoms with Gasteiger partial charge in [0.25, 0.3) is 0 Å². The highest BCUT2D eigenvalue weighted by Gasteiger charge is 2.16. The van der Waals surface area contributed by atoms with Gasteiger partial charge in [0.1, 0.15) is 17.2 Å². The van der Waals surface area contributed by atoms with Gasteiger partial charge in [-0.05, 0) is 36.4 Å². The molecule has 2 N–H and O–H groups in total. The maximum atomic E-state index is 12.2. The monoisotopic (exact) mass is 437 g/mol. The first-order chi connectivity index (χ1) is 15.5. The van der Waals surface area contributed by atoms with Gasteiger partial charge in [-0.15, -0.1) is 0 Å². The van der Waals surface area contributed by atoms with Crippen LogP contribution in [0.3, 0.4) is 0 Å². The van der Waals surface area contributed by atoms with E-state index in [1.807, 2.05) is 0 Å². The molecule has 1 heterocycles. The van der Waals surface area contributed by atoms with Crippen LogP contribution in [0.2, 0.25) is 0 Å². The van der Waals surface area contributed by atoms with Crippen LogP contribution in [0.4, 0.5) is 5.69 Å². The zero-order chi connectivity index (χ0) is 22.9. The second-order valence-corrected chi connectivity index (χ2v) is 6.12. The molecule has 10 nitrogen and oxygen atoms in total. The van der Waals surface area contributed by atoms with Gasteiger partial charge in [-0.1, -0.05) is 12.1 Å². The van der Waals surface area contributed by atoms with Gasteiger partial charge in [0.05, 0.1) is 32.4 Å². The van der Waals surface area contributed by atoms with Gasteiger partial charge in [-0.25, -0.2) is 10.2 Å². The van der Waals surface area contributed by atoms with Gasteiger partial charge in [0, 0.05) is 11.6 Å². The first kappa shape index (κ1) is 22.1. The van der Waals surface area contributed by atoms with Crippen molar-refractivity contribution >= 4 is 29.7 Å². The van der Waals surface area contributed by atoms with E-state index in [9.17, 15) is 14.4 Å². The number of benzene rings is 2. The van der Waals surface area contributed by atoms with Crippen LogP contribution < -0.4 is 25.0 Å². The van der Waals surface area contributed by atoms with Crippen LogP contribution in [0.1, 0.15) is 16.1 Å². The highest BCUT2D eigenvalue weighted by molar-refractivity contribution is 6.39. The van der Waals surface area contributed by atoms with Crippen LogP contribution >= 0.6 is 0 Å². The molecule has 32 heavy (non-hydrogen) atoms. The maximum Gasteiger partial charge on any atom is 0.379 e. The van der Waals surface area contributed by atoms with Crippen molar-refractivity contribution in [2.45, 2.75) is 0 Å². The number of carbonyl (C=O) groups is 3. The van der Waals surface area contributed by atoms with Gasteiger partial charge < -0.3 is 23.9 Å². The molecule has 1 aromatic heterocycles. The Bertz CT molecular complexity index is 1140. The van der Waals surface area contributed by atoms with Crippen LogP contribution in [-0.4, -0.2) is 38.2 Å². The molecule has 0 bridgehead atoms. The molecule has 0 saturated carbocycles. The van der Waals surface area contributed by atoms with Crippen molar-refractivity contribution in [3.8, 4) is 17.2 Å². The van der Waals surface area contributed by atoms with Crippen molar-refractivity contribution in [1.29, 1.82) is 0 Å². The fourth-order valence-electron chi connectivity index (χ4n) is 2.52. The number of hydrogen-bond acceptors (Lipinski definition) is 8. The molecule has 0 radical (unpaired) electrons. The highest BCUT2D eigenvalue weighted by Crippen LogP contribution is 2.28. The molecule has 0 spiro atoms. The van der Waals surface area contributed by atoms with E-state index in [-0.39, 0.29) is 17.2 Å². The minimum Gasteiger partial charge on any atom is -0.497 e. The molecule has 10 heteroatoms. The van der Waals surface area contributed by atoms with Gasteiger partial charge in [0.15, 0.2) is 0 Å². The minimum atomic E-state index is -1.01. The van der Waals surface area contributed by atoms with Crippen LogP contribution in [-0.2, 0) is 9.59 Å². The van der Waals surface area contributed by atoms with E-state index in [0.29, 0.717) is 17.1 Å². The maximum absolute atomic E-state index is 12.2. The molecule has 0 atom stereocenters. The first-order valence-electron chi connectivity index (χ1n) is 9.23. The summed E-state index contributed by atoms with van der Waals surface area (Å²) in [6.07, 6.45) is 2.59. The molecule has 2 amide bonds. The summed E-state index contributed by atoms with van der Waals surface area (Å²) in [5.41, 5.74) is 2.79. The average Bonchev–Trinajstić information content (AvgIpc) is 3.35. The summed E-state index contributed by atoms with van der Waals surface area (Å²) in [6.45, 7) is 0. The van der Waals surface area contributed by atoms with E-state index in [4.69, 9.17) is 18.6 Å². The topological polar surface area (TPSA) is 128 Å². The summed E-state index contributed by atoms with van der Waals surface area (Å²) in [4.78, 5) is 36.3. The Morgan fingerprint density at radius 3 is 2.47 bits per heavy atom. The Hall–Kier alpha value is -4.60. The summed E-state index contributed by atoms with van der Waals surface area (Å²) in [5.74, 6) is -1.57. The zero-order valence-electron chi connectivity index (χ0n) is 17.2. The predicted molar refractivity (Wildman–Crippen MR) is 114 cm³/mol. The molecule has 0 saturated heterocycles. The molecule has 0 aliphatic rings. The molecule has 0 aliphatic carbocycles. The van der Waals surface area contributed by atoms with Gasteiger partial charge >= 0.3 is 17.8 Å². The van der Waals surface area contributed by atoms with Gasteiger partial charge in [0.2, 0.25) is 5.76 Å². The number of ether oxygens (including phenoxy) is 3. The van der Waals surface area contributed by atoms with E-state index in [2.05, 4.69) is 15.8 Å². The number of furan rings is 1. The van der Waals surface area contributed by atoms with Crippen molar-refractivity contribution in [2.75, 3.05) is 19.5 Å². The third-order valence-corrected chi connectivity index (χ3v) is 4.08. The van der Waals surface area contributed by atoms with E-state index in [1.54, 1.807) is 42.5 Å².